The van der Waals surface area contributed by atoms with Gasteiger partial charge in [0.15, 0.2) is 5.96 Å². The Morgan fingerprint density at radius 3 is 2.57 bits per heavy atom. The second kappa shape index (κ2) is 4.04. The number of hydrogen-bond donors (Lipinski definition) is 1. The normalized spacial score (nSPS) is 17.4. The molecule has 0 unspecified atom stereocenters. The molecule has 1 aliphatic rings. The van der Waals surface area contributed by atoms with Crippen molar-refractivity contribution in [3.05, 3.63) is 18.5 Å². The lowest BCUT2D eigenvalue weighted by Gasteiger charge is -2.14. The van der Waals surface area contributed by atoms with Crippen LogP contribution in [-0.2, 0) is 0 Å². The van der Waals surface area contributed by atoms with E-state index in [1.807, 2.05) is 0 Å². The van der Waals surface area contributed by atoms with Crippen LogP contribution in [0.25, 0.3) is 0 Å². The van der Waals surface area contributed by atoms with Gasteiger partial charge in [-0.05, 0) is 18.9 Å². The Hall–Kier alpha value is -1.65. The average Bonchev–Trinajstić information content (AvgIpc) is 2.72. The molecule has 2 rings (SSSR count). The molecule has 1 aromatic rings. The Kier molecular flexibility index (Phi) is 2.58. The van der Waals surface area contributed by atoms with Crippen molar-refractivity contribution in [2.45, 2.75) is 12.8 Å². The smallest absolute Gasteiger partial charge is 0.252 e. The van der Waals surface area contributed by atoms with Crippen LogP contribution >= 0.6 is 0 Å². The Balaban J connectivity index is 2.10. The van der Waals surface area contributed by atoms with Gasteiger partial charge in [-0.1, -0.05) is 0 Å². The third-order valence-electron chi connectivity index (χ3n) is 2.20. The van der Waals surface area contributed by atoms with Gasteiger partial charge in [-0.15, -0.1) is 0 Å². The topological polar surface area (TPSA) is 67.4 Å². The van der Waals surface area contributed by atoms with Crippen LogP contribution in [0.2, 0.25) is 0 Å². The van der Waals surface area contributed by atoms with Crippen molar-refractivity contribution >= 4 is 11.9 Å². The van der Waals surface area contributed by atoms with Gasteiger partial charge in [-0.3, -0.25) is 0 Å². The minimum absolute atomic E-state index is 0.428. The number of nitrogens with zero attached hydrogens (tertiary/aromatic N) is 4. The zero-order valence-corrected chi connectivity index (χ0v) is 7.93. The Morgan fingerprint density at radius 1 is 1.29 bits per heavy atom. The molecule has 2 heterocycles. The standard InChI is InChI=1S/C9H13N5/c10-8(14-6-1-2-7-14)13-9-11-4-3-5-12-9/h3-5H,1-2,6-7H2,(H2,10,11,12,13). The first-order chi connectivity index (χ1) is 6.86. The quantitative estimate of drug-likeness (QED) is 0.519. The molecule has 0 bridgehead atoms. The number of aromatic nitrogens is 2. The number of nitrogens with two attached hydrogens (primary N) is 1. The molecule has 0 saturated carbocycles. The predicted octanol–water partition coefficient (Wildman–Crippen LogP) is 0.519. The minimum Gasteiger partial charge on any atom is -0.369 e. The lowest BCUT2D eigenvalue weighted by Crippen LogP contribution is -2.34. The molecule has 0 spiro atoms. The highest BCUT2D eigenvalue weighted by Gasteiger charge is 2.13. The van der Waals surface area contributed by atoms with E-state index in [-0.39, 0.29) is 0 Å². The number of likely N-dealkylation sites (tertiary alicyclic amines) is 1. The molecule has 5 nitrogen and oxygen atoms in total. The fourth-order valence-electron chi connectivity index (χ4n) is 1.47. The summed E-state index contributed by atoms with van der Waals surface area (Å²) in [4.78, 5) is 14.2. The van der Waals surface area contributed by atoms with Gasteiger partial charge in [0.25, 0.3) is 5.95 Å². The molecule has 1 fully saturated rings. The van der Waals surface area contributed by atoms with Gasteiger partial charge in [0.05, 0.1) is 0 Å². The lowest BCUT2D eigenvalue weighted by molar-refractivity contribution is 0.513. The van der Waals surface area contributed by atoms with Crippen LogP contribution < -0.4 is 5.73 Å². The van der Waals surface area contributed by atoms with E-state index in [2.05, 4.69) is 19.9 Å². The summed E-state index contributed by atoms with van der Waals surface area (Å²) >= 11 is 0. The highest BCUT2D eigenvalue weighted by atomic mass is 15.3. The molecule has 0 atom stereocenters. The van der Waals surface area contributed by atoms with E-state index in [0.717, 1.165) is 13.1 Å². The molecule has 0 radical (unpaired) electrons. The van der Waals surface area contributed by atoms with Crippen LogP contribution in [0, 0.1) is 0 Å². The van der Waals surface area contributed by atoms with Crippen molar-refractivity contribution in [3.63, 3.8) is 0 Å². The maximum absolute atomic E-state index is 5.81. The summed E-state index contributed by atoms with van der Waals surface area (Å²) in [5, 5.41) is 0. The highest BCUT2D eigenvalue weighted by molar-refractivity contribution is 5.80. The summed E-state index contributed by atoms with van der Waals surface area (Å²) in [5.74, 6) is 0.950. The van der Waals surface area contributed by atoms with E-state index in [4.69, 9.17) is 5.73 Å². The van der Waals surface area contributed by atoms with Gasteiger partial charge in [-0.2, -0.15) is 4.99 Å². The maximum Gasteiger partial charge on any atom is 0.252 e. The molecule has 1 aliphatic heterocycles. The molecular weight excluding hydrogens is 178 g/mol. The van der Waals surface area contributed by atoms with Crippen LogP contribution in [0.15, 0.2) is 23.5 Å². The molecule has 74 valence electrons. The molecule has 0 aliphatic carbocycles. The van der Waals surface area contributed by atoms with Gasteiger partial charge in [-0.25, -0.2) is 9.97 Å². The predicted molar refractivity (Wildman–Crippen MR) is 54.1 cm³/mol. The molecule has 5 heteroatoms. The van der Waals surface area contributed by atoms with Crippen LogP contribution in [0.1, 0.15) is 12.8 Å². The molecule has 14 heavy (non-hydrogen) atoms. The van der Waals surface area contributed by atoms with Crippen molar-refractivity contribution in [1.29, 1.82) is 0 Å². The molecule has 1 saturated heterocycles. The highest BCUT2D eigenvalue weighted by Crippen LogP contribution is 2.08. The fourth-order valence-corrected chi connectivity index (χ4v) is 1.47. The van der Waals surface area contributed by atoms with Crippen LogP contribution in [0.5, 0.6) is 0 Å². The Bertz CT molecular complexity index is 315. The van der Waals surface area contributed by atoms with Crippen molar-refractivity contribution in [3.8, 4) is 0 Å². The Morgan fingerprint density at radius 2 is 1.93 bits per heavy atom. The molecule has 0 aromatic carbocycles. The Labute approximate surface area is 82.7 Å². The molecule has 1 aromatic heterocycles. The average molecular weight is 191 g/mol. The molecule has 0 amide bonds. The van der Waals surface area contributed by atoms with Crippen LogP contribution in [0.3, 0.4) is 0 Å². The number of aliphatic imine (C=N–C) groups is 1. The van der Waals surface area contributed by atoms with E-state index in [9.17, 15) is 0 Å². The lowest BCUT2D eigenvalue weighted by atomic mass is 10.4. The first-order valence-corrected chi connectivity index (χ1v) is 4.72. The second-order valence-electron chi connectivity index (χ2n) is 3.21. The largest absolute Gasteiger partial charge is 0.369 e. The van der Waals surface area contributed by atoms with E-state index in [1.165, 1.54) is 12.8 Å². The van der Waals surface area contributed by atoms with Gasteiger partial charge in [0.1, 0.15) is 0 Å². The van der Waals surface area contributed by atoms with Crippen LogP contribution in [0.4, 0.5) is 5.95 Å². The zero-order valence-electron chi connectivity index (χ0n) is 7.93. The van der Waals surface area contributed by atoms with E-state index in [0.29, 0.717) is 11.9 Å². The summed E-state index contributed by atoms with van der Waals surface area (Å²) in [6.07, 6.45) is 5.68. The summed E-state index contributed by atoms with van der Waals surface area (Å²) < 4.78 is 0. The summed E-state index contributed by atoms with van der Waals surface area (Å²) in [7, 11) is 0. The van der Waals surface area contributed by atoms with E-state index >= 15 is 0 Å². The third kappa shape index (κ3) is 1.99. The number of rotatable bonds is 1. The SMILES string of the molecule is NC(=Nc1ncccn1)N1CCCC1. The summed E-state index contributed by atoms with van der Waals surface area (Å²) in [6.45, 7) is 1.98. The van der Waals surface area contributed by atoms with Gasteiger partial charge >= 0.3 is 0 Å². The van der Waals surface area contributed by atoms with E-state index < -0.39 is 0 Å². The van der Waals surface area contributed by atoms with Crippen molar-refractivity contribution in [2.75, 3.05) is 13.1 Å². The number of guanidine groups is 1. The van der Waals surface area contributed by atoms with Gasteiger partial charge in [0, 0.05) is 25.5 Å². The van der Waals surface area contributed by atoms with Crippen molar-refractivity contribution < 1.29 is 0 Å². The summed E-state index contributed by atoms with van der Waals surface area (Å²) in [5.41, 5.74) is 5.81. The van der Waals surface area contributed by atoms with E-state index in [1.54, 1.807) is 18.5 Å². The molecule has 2 N–H and O–H groups in total. The monoisotopic (exact) mass is 191 g/mol. The third-order valence-corrected chi connectivity index (χ3v) is 2.20. The first-order valence-electron chi connectivity index (χ1n) is 4.72. The summed E-state index contributed by atoms with van der Waals surface area (Å²) in [6, 6.07) is 1.76. The zero-order chi connectivity index (χ0) is 9.80. The van der Waals surface area contributed by atoms with Crippen LogP contribution in [-0.4, -0.2) is 33.9 Å². The second-order valence-corrected chi connectivity index (χ2v) is 3.21. The maximum atomic E-state index is 5.81. The minimum atomic E-state index is 0.428. The van der Waals surface area contributed by atoms with Gasteiger partial charge < -0.3 is 10.6 Å². The first kappa shape index (κ1) is 8.93. The van der Waals surface area contributed by atoms with Gasteiger partial charge in [0.2, 0.25) is 0 Å². The van der Waals surface area contributed by atoms with Crippen molar-refractivity contribution in [2.24, 2.45) is 10.7 Å². The fraction of sp³-hybridized carbons (Fsp3) is 0.444. The number of hydrogen-bond acceptors (Lipinski definition) is 3. The molecular formula is C9H13N5. The van der Waals surface area contributed by atoms with Crippen molar-refractivity contribution in [1.82, 2.24) is 14.9 Å².